The molecule has 0 saturated carbocycles. The fourth-order valence-corrected chi connectivity index (χ4v) is 2.73. The molecule has 2 heterocycles. The van der Waals surface area contributed by atoms with Crippen LogP contribution in [0.2, 0.25) is 0 Å². The third kappa shape index (κ3) is 3.26. The van der Waals surface area contributed by atoms with Crippen LogP contribution in [0.4, 0.5) is 5.82 Å². The van der Waals surface area contributed by atoms with E-state index in [0.29, 0.717) is 0 Å². The van der Waals surface area contributed by atoms with Crippen LogP contribution in [-0.4, -0.2) is 54.5 Å². The Morgan fingerprint density at radius 1 is 1.30 bits per heavy atom. The number of halogens is 1. The Kier molecular flexibility index (Phi) is 4.44. The SMILES string of the molecule is Brc1ccc2c(NCCN3CCOCC3)nncc2c1. The molecule has 6 heteroatoms. The van der Waals surface area contributed by atoms with E-state index >= 15 is 0 Å². The minimum Gasteiger partial charge on any atom is -0.379 e. The second kappa shape index (κ2) is 6.47. The summed E-state index contributed by atoms with van der Waals surface area (Å²) in [5.41, 5.74) is 0. The summed E-state index contributed by atoms with van der Waals surface area (Å²) in [6.07, 6.45) is 1.78. The third-order valence-electron chi connectivity index (χ3n) is 3.45. The number of anilines is 1. The molecule has 1 aromatic carbocycles. The molecule has 1 aliphatic rings. The van der Waals surface area contributed by atoms with Gasteiger partial charge in [0.15, 0.2) is 5.82 Å². The summed E-state index contributed by atoms with van der Waals surface area (Å²) in [6, 6.07) is 6.14. The van der Waals surface area contributed by atoms with Gasteiger partial charge in [-0.15, -0.1) is 5.10 Å². The highest BCUT2D eigenvalue weighted by molar-refractivity contribution is 9.10. The van der Waals surface area contributed by atoms with Crippen molar-refractivity contribution < 1.29 is 4.74 Å². The lowest BCUT2D eigenvalue weighted by Gasteiger charge is -2.26. The van der Waals surface area contributed by atoms with Gasteiger partial charge in [0.25, 0.3) is 0 Å². The molecule has 1 aromatic heterocycles. The summed E-state index contributed by atoms with van der Waals surface area (Å²) < 4.78 is 6.40. The number of hydrogen-bond donors (Lipinski definition) is 1. The lowest BCUT2D eigenvalue weighted by molar-refractivity contribution is 0.0398. The van der Waals surface area contributed by atoms with Gasteiger partial charge in [-0.1, -0.05) is 15.9 Å². The Morgan fingerprint density at radius 2 is 2.15 bits per heavy atom. The maximum Gasteiger partial charge on any atom is 0.156 e. The maximum absolute atomic E-state index is 5.34. The number of nitrogens with one attached hydrogen (secondary N) is 1. The molecule has 3 rings (SSSR count). The predicted octanol–water partition coefficient (Wildman–Crippen LogP) is 2.14. The van der Waals surface area contributed by atoms with Crippen LogP contribution in [0.3, 0.4) is 0 Å². The van der Waals surface area contributed by atoms with E-state index in [1.807, 2.05) is 6.07 Å². The Balaban J connectivity index is 1.65. The zero-order valence-corrected chi connectivity index (χ0v) is 12.8. The lowest BCUT2D eigenvalue weighted by Crippen LogP contribution is -2.39. The molecule has 1 N–H and O–H groups in total. The molecule has 0 spiro atoms. The Labute approximate surface area is 126 Å². The number of nitrogens with zero attached hydrogens (tertiary/aromatic N) is 3. The van der Waals surface area contributed by atoms with Crippen LogP contribution in [0.25, 0.3) is 10.8 Å². The molecule has 0 bridgehead atoms. The molecule has 106 valence electrons. The van der Waals surface area contributed by atoms with E-state index in [4.69, 9.17) is 4.74 Å². The highest BCUT2D eigenvalue weighted by atomic mass is 79.9. The van der Waals surface area contributed by atoms with Crippen molar-refractivity contribution in [2.45, 2.75) is 0 Å². The summed E-state index contributed by atoms with van der Waals surface area (Å²) in [5.74, 6) is 0.850. The molecule has 5 nitrogen and oxygen atoms in total. The molecule has 0 atom stereocenters. The molecule has 0 radical (unpaired) electrons. The van der Waals surface area contributed by atoms with Crippen molar-refractivity contribution in [2.24, 2.45) is 0 Å². The lowest BCUT2D eigenvalue weighted by atomic mass is 10.2. The molecule has 1 fully saturated rings. The molecular weight excluding hydrogens is 320 g/mol. The number of hydrogen-bond acceptors (Lipinski definition) is 5. The summed E-state index contributed by atoms with van der Waals surface area (Å²) in [5, 5.41) is 13.8. The van der Waals surface area contributed by atoms with Gasteiger partial charge in [-0.25, -0.2) is 0 Å². The van der Waals surface area contributed by atoms with Crippen molar-refractivity contribution >= 4 is 32.5 Å². The topological polar surface area (TPSA) is 50.3 Å². The summed E-state index contributed by atoms with van der Waals surface area (Å²) >= 11 is 3.47. The van der Waals surface area contributed by atoms with E-state index in [2.05, 4.69) is 48.5 Å². The van der Waals surface area contributed by atoms with Gasteiger partial charge in [0.05, 0.1) is 19.4 Å². The Bertz CT molecular complexity index is 586. The first-order valence-electron chi connectivity index (χ1n) is 6.78. The minimum absolute atomic E-state index is 0.835. The maximum atomic E-state index is 5.34. The fraction of sp³-hybridized carbons (Fsp3) is 0.429. The van der Waals surface area contributed by atoms with Gasteiger partial charge < -0.3 is 10.1 Å². The van der Waals surface area contributed by atoms with E-state index in [9.17, 15) is 0 Å². The first kappa shape index (κ1) is 13.7. The Hall–Kier alpha value is -1.24. The van der Waals surface area contributed by atoms with Crippen molar-refractivity contribution in [3.8, 4) is 0 Å². The molecular formula is C14H17BrN4O. The van der Waals surface area contributed by atoms with Crippen LogP contribution in [0.15, 0.2) is 28.9 Å². The van der Waals surface area contributed by atoms with Gasteiger partial charge in [-0.2, -0.15) is 5.10 Å². The van der Waals surface area contributed by atoms with Crippen LogP contribution in [-0.2, 0) is 4.74 Å². The number of aromatic nitrogens is 2. The number of fused-ring (bicyclic) bond motifs is 1. The van der Waals surface area contributed by atoms with E-state index < -0.39 is 0 Å². The highest BCUT2D eigenvalue weighted by Crippen LogP contribution is 2.23. The number of ether oxygens (including phenoxy) is 1. The standard InChI is InChI=1S/C14H17BrN4O/c15-12-1-2-13-11(9-12)10-17-18-14(13)16-3-4-19-5-7-20-8-6-19/h1-2,9-10H,3-8H2,(H,16,18). The predicted molar refractivity (Wildman–Crippen MR) is 83.0 cm³/mol. The molecule has 2 aromatic rings. The first-order chi connectivity index (χ1) is 9.83. The van der Waals surface area contributed by atoms with Crippen molar-refractivity contribution in [3.05, 3.63) is 28.9 Å². The molecule has 0 amide bonds. The molecule has 20 heavy (non-hydrogen) atoms. The Morgan fingerprint density at radius 3 is 3.00 bits per heavy atom. The smallest absolute Gasteiger partial charge is 0.156 e. The van der Waals surface area contributed by atoms with Gasteiger partial charge in [-0.05, 0) is 18.2 Å². The van der Waals surface area contributed by atoms with Crippen molar-refractivity contribution in [3.63, 3.8) is 0 Å². The zero-order chi connectivity index (χ0) is 13.8. The fourth-order valence-electron chi connectivity index (χ4n) is 2.35. The largest absolute Gasteiger partial charge is 0.379 e. The number of benzene rings is 1. The summed E-state index contributed by atoms with van der Waals surface area (Å²) in [6.45, 7) is 5.55. The minimum atomic E-state index is 0.835. The average molecular weight is 337 g/mol. The van der Waals surface area contributed by atoms with Gasteiger partial charge in [0.2, 0.25) is 0 Å². The van der Waals surface area contributed by atoms with Crippen LogP contribution >= 0.6 is 15.9 Å². The monoisotopic (exact) mass is 336 g/mol. The molecule has 0 aliphatic carbocycles. The van der Waals surface area contributed by atoms with Crippen LogP contribution in [0.1, 0.15) is 0 Å². The molecule has 0 unspecified atom stereocenters. The van der Waals surface area contributed by atoms with E-state index in [0.717, 1.165) is 60.5 Å². The van der Waals surface area contributed by atoms with Crippen molar-refractivity contribution in [2.75, 3.05) is 44.7 Å². The summed E-state index contributed by atoms with van der Waals surface area (Å²) in [4.78, 5) is 2.39. The molecule has 1 aliphatic heterocycles. The number of morpholine rings is 1. The second-order valence-corrected chi connectivity index (χ2v) is 5.72. The van der Waals surface area contributed by atoms with Gasteiger partial charge in [0, 0.05) is 41.4 Å². The average Bonchev–Trinajstić information content (AvgIpc) is 2.48. The zero-order valence-electron chi connectivity index (χ0n) is 11.2. The van der Waals surface area contributed by atoms with Gasteiger partial charge in [-0.3, -0.25) is 4.90 Å². The van der Waals surface area contributed by atoms with Crippen LogP contribution in [0, 0.1) is 0 Å². The van der Waals surface area contributed by atoms with E-state index in [-0.39, 0.29) is 0 Å². The van der Waals surface area contributed by atoms with E-state index in [1.54, 1.807) is 6.20 Å². The van der Waals surface area contributed by atoms with Gasteiger partial charge in [0.1, 0.15) is 0 Å². The van der Waals surface area contributed by atoms with Crippen LogP contribution < -0.4 is 5.32 Å². The van der Waals surface area contributed by atoms with Crippen LogP contribution in [0.5, 0.6) is 0 Å². The number of rotatable bonds is 4. The normalized spacial score (nSPS) is 16.4. The highest BCUT2D eigenvalue weighted by Gasteiger charge is 2.10. The van der Waals surface area contributed by atoms with E-state index in [1.165, 1.54) is 0 Å². The van der Waals surface area contributed by atoms with Crippen molar-refractivity contribution in [1.82, 2.24) is 15.1 Å². The molecule has 1 saturated heterocycles. The third-order valence-corrected chi connectivity index (χ3v) is 3.94. The van der Waals surface area contributed by atoms with Gasteiger partial charge >= 0.3 is 0 Å². The summed E-state index contributed by atoms with van der Waals surface area (Å²) in [7, 11) is 0. The first-order valence-corrected chi connectivity index (χ1v) is 7.57. The quantitative estimate of drug-likeness (QED) is 0.926. The van der Waals surface area contributed by atoms with Crippen molar-refractivity contribution in [1.29, 1.82) is 0 Å². The second-order valence-electron chi connectivity index (χ2n) is 4.81.